The Bertz CT molecular complexity index is 352. The molecule has 3 rings (SSSR count). The highest BCUT2D eigenvalue weighted by Crippen LogP contribution is 2.43. The Labute approximate surface area is 98.2 Å². The van der Waals surface area contributed by atoms with Gasteiger partial charge in [-0.25, -0.2) is 10.2 Å². The molecule has 88 valence electrons. The van der Waals surface area contributed by atoms with Gasteiger partial charge in [-0.05, 0) is 12.8 Å². The zero-order valence-corrected chi connectivity index (χ0v) is 9.72. The van der Waals surface area contributed by atoms with Gasteiger partial charge in [0.2, 0.25) is 0 Å². The highest BCUT2D eigenvalue weighted by atomic mass is 32.2. The van der Waals surface area contributed by atoms with Crippen LogP contribution in [-0.4, -0.2) is 40.5 Å². The van der Waals surface area contributed by atoms with Crippen molar-refractivity contribution in [2.24, 2.45) is 0 Å². The molecule has 3 aliphatic heterocycles. The van der Waals surface area contributed by atoms with Gasteiger partial charge in [0.15, 0.2) is 0 Å². The van der Waals surface area contributed by atoms with Crippen LogP contribution in [0.2, 0.25) is 0 Å². The summed E-state index contributed by atoms with van der Waals surface area (Å²) >= 11 is 1.68. The molecular formula is C10H15N3O2S. The van der Waals surface area contributed by atoms with Gasteiger partial charge in [0.05, 0.1) is 5.37 Å². The molecule has 2 fully saturated rings. The molecule has 0 aliphatic carbocycles. The van der Waals surface area contributed by atoms with Crippen molar-refractivity contribution in [1.29, 1.82) is 0 Å². The van der Waals surface area contributed by atoms with E-state index in [2.05, 4.69) is 10.9 Å². The quantitative estimate of drug-likeness (QED) is 0.661. The van der Waals surface area contributed by atoms with E-state index >= 15 is 0 Å². The first-order valence-electron chi connectivity index (χ1n) is 5.64. The Balaban J connectivity index is 1.76. The van der Waals surface area contributed by atoms with Crippen molar-refractivity contribution in [3.63, 3.8) is 0 Å². The smallest absolute Gasteiger partial charge is 0.353 e. The van der Waals surface area contributed by atoms with Crippen molar-refractivity contribution in [2.75, 3.05) is 13.1 Å². The van der Waals surface area contributed by atoms with Gasteiger partial charge in [0, 0.05) is 30.5 Å². The zero-order valence-electron chi connectivity index (χ0n) is 8.90. The molecule has 2 saturated heterocycles. The maximum absolute atomic E-state index is 11.2. The summed E-state index contributed by atoms with van der Waals surface area (Å²) in [6, 6.07) is 0.461. The molecule has 3 aliphatic rings. The molecule has 6 heteroatoms. The van der Waals surface area contributed by atoms with Crippen LogP contribution in [0.4, 0.5) is 0 Å². The van der Waals surface area contributed by atoms with Crippen LogP contribution in [-0.2, 0) is 4.79 Å². The summed E-state index contributed by atoms with van der Waals surface area (Å²) in [4.78, 5) is 14.3. The first kappa shape index (κ1) is 10.4. The number of thioether (sulfide) groups is 1. The van der Waals surface area contributed by atoms with E-state index in [9.17, 15) is 9.90 Å². The van der Waals surface area contributed by atoms with Crippen molar-refractivity contribution < 1.29 is 9.90 Å². The van der Waals surface area contributed by atoms with Crippen molar-refractivity contribution >= 4 is 17.7 Å². The lowest BCUT2D eigenvalue weighted by molar-refractivity contribution is -0.135. The van der Waals surface area contributed by atoms with E-state index in [1.54, 1.807) is 11.8 Å². The molecule has 0 amide bonds. The third kappa shape index (κ3) is 1.61. The van der Waals surface area contributed by atoms with E-state index in [0.717, 1.165) is 37.3 Å². The summed E-state index contributed by atoms with van der Waals surface area (Å²) in [6.45, 7) is 1.87. The second-order valence-electron chi connectivity index (χ2n) is 4.38. The Morgan fingerprint density at radius 3 is 2.94 bits per heavy atom. The predicted molar refractivity (Wildman–Crippen MR) is 61.5 cm³/mol. The van der Waals surface area contributed by atoms with E-state index in [1.165, 1.54) is 0 Å². The summed E-state index contributed by atoms with van der Waals surface area (Å²) < 4.78 is 0. The highest BCUT2D eigenvalue weighted by molar-refractivity contribution is 8.03. The summed E-state index contributed by atoms with van der Waals surface area (Å²) in [5.74, 6) is -0.768. The molecule has 0 aromatic rings. The standard InChI is InChI=1S/C10H15N3O2S/c14-10(15)9-7(5-6-2-4-13(6)9)16-8-1-3-11-12-8/h6,8,11-12H,1-5H2,(H,14,15). The summed E-state index contributed by atoms with van der Waals surface area (Å²) in [7, 11) is 0. The lowest BCUT2D eigenvalue weighted by atomic mass is 10.0. The minimum atomic E-state index is -0.768. The fourth-order valence-electron chi connectivity index (χ4n) is 2.49. The molecule has 5 nitrogen and oxygen atoms in total. The topological polar surface area (TPSA) is 64.6 Å². The van der Waals surface area contributed by atoms with Crippen LogP contribution < -0.4 is 10.9 Å². The number of carboxylic acids is 1. The van der Waals surface area contributed by atoms with Gasteiger partial charge in [-0.1, -0.05) is 0 Å². The summed E-state index contributed by atoms with van der Waals surface area (Å²) in [5, 5.41) is 9.55. The van der Waals surface area contributed by atoms with Crippen LogP contribution in [0.5, 0.6) is 0 Å². The first-order valence-corrected chi connectivity index (χ1v) is 6.52. The molecule has 3 N–H and O–H groups in total. The van der Waals surface area contributed by atoms with Crippen LogP contribution in [0.3, 0.4) is 0 Å². The van der Waals surface area contributed by atoms with Crippen LogP contribution in [0.1, 0.15) is 19.3 Å². The minimum Gasteiger partial charge on any atom is -0.477 e. The fraction of sp³-hybridized carbons (Fsp3) is 0.700. The zero-order chi connectivity index (χ0) is 11.1. The van der Waals surface area contributed by atoms with E-state index in [0.29, 0.717) is 17.1 Å². The van der Waals surface area contributed by atoms with E-state index in [1.807, 2.05) is 4.90 Å². The Kier molecular flexibility index (Phi) is 2.57. The number of hydrogen-bond acceptors (Lipinski definition) is 5. The molecule has 0 spiro atoms. The SMILES string of the molecule is O=C(O)C1=C(SC2CCNN2)CC2CCN12. The summed E-state index contributed by atoms with van der Waals surface area (Å²) in [6.07, 6.45) is 3.10. The van der Waals surface area contributed by atoms with Crippen molar-refractivity contribution in [3.05, 3.63) is 10.6 Å². The highest BCUT2D eigenvalue weighted by Gasteiger charge is 2.41. The van der Waals surface area contributed by atoms with Gasteiger partial charge in [-0.15, -0.1) is 11.8 Å². The Morgan fingerprint density at radius 2 is 2.38 bits per heavy atom. The van der Waals surface area contributed by atoms with Crippen molar-refractivity contribution in [3.8, 4) is 0 Å². The Morgan fingerprint density at radius 1 is 1.50 bits per heavy atom. The fourth-order valence-corrected chi connectivity index (χ4v) is 3.81. The van der Waals surface area contributed by atoms with Crippen LogP contribution >= 0.6 is 11.8 Å². The van der Waals surface area contributed by atoms with E-state index in [4.69, 9.17) is 0 Å². The molecule has 0 aromatic heterocycles. The Hall–Kier alpha value is -0.720. The van der Waals surface area contributed by atoms with Crippen LogP contribution in [0.15, 0.2) is 10.6 Å². The molecule has 0 aromatic carbocycles. The molecule has 2 atom stereocenters. The minimum absolute atomic E-state index is 0.322. The number of hydrazine groups is 1. The third-order valence-electron chi connectivity index (χ3n) is 3.40. The molecule has 2 unspecified atom stereocenters. The number of fused-ring (bicyclic) bond motifs is 1. The first-order chi connectivity index (χ1) is 7.75. The van der Waals surface area contributed by atoms with Crippen molar-refractivity contribution in [2.45, 2.75) is 30.7 Å². The van der Waals surface area contributed by atoms with Gasteiger partial charge in [0.25, 0.3) is 0 Å². The average Bonchev–Trinajstić information content (AvgIpc) is 2.77. The summed E-state index contributed by atoms with van der Waals surface area (Å²) in [5.41, 5.74) is 6.79. The number of carboxylic acid groups (broad SMARTS) is 1. The monoisotopic (exact) mass is 241 g/mol. The third-order valence-corrected chi connectivity index (χ3v) is 4.68. The molecular weight excluding hydrogens is 226 g/mol. The number of carbonyl (C=O) groups is 1. The lowest BCUT2D eigenvalue weighted by Crippen LogP contribution is -2.44. The van der Waals surface area contributed by atoms with E-state index < -0.39 is 5.97 Å². The van der Waals surface area contributed by atoms with Gasteiger partial charge in [-0.2, -0.15) is 0 Å². The lowest BCUT2D eigenvalue weighted by Gasteiger charge is -2.37. The van der Waals surface area contributed by atoms with E-state index in [-0.39, 0.29) is 0 Å². The second kappa shape index (κ2) is 3.94. The average molecular weight is 241 g/mol. The molecule has 3 heterocycles. The predicted octanol–water partition coefficient (Wildman–Crippen LogP) is 0.318. The number of nitrogens with one attached hydrogen (secondary N) is 2. The number of hydrogen-bond donors (Lipinski definition) is 3. The number of rotatable bonds is 3. The maximum Gasteiger partial charge on any atom is 0.353 e. The van der Waals surface area contributed by atoms with Crippen molar-refractivity contribution in [1.82, 2.24) is 15.8 Å². The second-order valence-corrected chi connectivity index (χ2v) is 5.68. The van der Waals surface area contributed by atoms with Gasteiger partial charge < -0.3 is 10.0 Å². The molecule has 0 saturated carbocycles. The normalized spacial score (nSPS) is 32.9. The molecule has 0 radical (unpaired) electrons. The number of nitrogens with zero attached hydrogens (tertiary/aromatic N) is 1. The van der Waals surface area contributed by atoms with Crippen LogP contribution in [0.25, 0.3) is 0 Å². The number of aliphatic carboxylic acids is 1. The maximum atomic E-state index is 11.2. The molecule has 16 heavy (non-hydrogen) atoms. The largest absolute Gasteiger partial charge is 0.477 e. The van der Waals surface area contributed by atoms with Gasteiger partial charge >= 0.3 is 5.97 Å². The molecule has 0 bridgehead atoms. The van der Waals surface area contributed by atoms with Gasteiger partial charge in [0.1, 0.15) is 5.70 Å². The van der Waals surface area contributed by atoms with Gasteiger partial charge in [-0.3, -0.25) is 5.43 Å². The van der Waals surface area contributed by atoms with Crippen LogP contribution in [0, 0.1) is 0 Å².